The summed E-state index contributed by atoms with van der Waals surface area (Å²) in [4.78, 5) is 12.1. The first-order valence-corrected chi connectivity index (χ1v) is 8.27. The highest BCUT2D eigenvalue weighted by Gasteiger charge is 2.14. The molecule has 2 aromatic heterocycles. The second-order valence-corrected chi connectivity index (χ2v) is 5.80. The molecule has 1 N–H and O–H groups in total. The molecule has 0 aliphatic carbocycles. The predicted molar refractivity (Wildman–Crippen MR) is 97.0 cm³/mol. The van der Waals surface area contributed by atoms with Crippen molar-refractivity contribution in [1.29, 1.82) is 0 Å². The van der Waals surface area contributed by atoms with Crippen LogP contribution >= 0.6 is 11.6 Å². The largest absolute Gasteiger partial charge is 0.495 e. The van der Waals surface area contributed by atoms with Gasteiger partial charge in [0.15, 0.2) is 5.76 Å². The van der Waals surface area contributed by atoms with Crippen molar-refractivity contribution in [2.45, 2.75) is 6.61 Å². The lowest BCUT2D eigenvalue weighted by Crippen LogP contribution is -2.18. The van der Waals surface area contributed by atoms with Crippen molar-refractivity contribution in [3.63, 3.8) is 0 Å². The number of benzene rings is 1. The van der Waals surface area contributed by atoms with E-state index in [1.165, 1.54) is 14.2 Å². The van der Waals surface area contributed by atoms with Crippen molar-refractivity contribution < 1.29 is 27.9 Å². The molecule has 142 valence electrons. The molecule has 27 heavy (non-hydrogen) atoms. The number of halogens is 1. The number of furan rings is 1. The van der Waals surface area contributed by atoms with Crippen molar-refractivity contribution in [2.75, 3.05) is 26.1 Å². The first-order chi connectivity index (χ1) is 13.1. The number of rotatable bonds is 8. The van der Waals surface area contributed by atoms with E-state index in [0.717, 1.165) is 0 Å². The molecule has 3 rings (SSSR count). The Bertz CT molecular complexity index is 907. The van der Waals surface area contributed by atoms with E-state index in [1.54, 1.807) is 36.6 Å². The van der Waals surface area contributed by atoms with Gasteiger partial charge in [-0.2, -0.15) is 0 Å². The summed E-state index contributed by atoms with van der Waals surface area (Å²) in [5, 5.41) is 6.94. The van der Waals surface area contributed by atoms with E-state index < -0.39 is 0 Å². The van der Waals surface area contributed by atoms with Crippen LogP contribution in [0.1, 0.15) is 5.69 Å². The number of aromatic nitrogens is 1. The normalized spacial score (nSPS) is 10.6. The van der Waals surface area contributed by atoms with Gasteiger partial charge in [-0.1, -0.05) is 16.8 Å². The van der Waals surface area contributed by atoms with Crippen molar-refractivity contribution in [1.82, 2.24) is 5.16 Å². The van der Waals surface area contributed by atoms with E-state index in [1.807, 2.05) is 0 Å². The highest BCUT2D eigenvalue weighted by molar-refractivity contribution is 6.32. The van der Waals surface area contributed by atoms with Crippen LogP contribution in [-0.4, -0.2) is 31.9 Å². The summed E-state index contributed by atoms with van der Waals surface area (Å²) in [7, 11) is 2.96. The first kappa shape index (κ1) is 18.8. The van der Waals surface area contributed by atoms with E-state index in [4.69, 9.17) is 34.8 Å². The molecular formula is C18H17ClN2O6. The summed E-state index contributed by atoms with van der Waals surface area (Å²) >= 11 is 6.04. The molecule has 9 heteroatoms. The van der Waals surface area contributed by atoms with Crippen LogP contribution in [0.15, 0.2) is 45.5 Å². The fourth-order valence-corrected chi connectivity index (χ4v) is 2.54. The molecule has 0 unspecified atom stereocenters. The molecule has 0 fully saturated rings. The molecule has 0 saturated heterocycles. The Labute approximate surface area is 159 Å². The average Bonchev–Trinajstić information content (AvgIpc) is 3.34. The number of nitrogens with zero attached hydrogens (tertiary/aromatic N) is 1. The topological polar surface area (TPSA) is 96.0 Å². The summed E-state index contributed by atoms with van der Waals surface area (Å²) in [6, 6.07) is 8.32. The van der Waals surface area contributed by atoms with Crippen LogP contribution in [0.3, 0.4) is 0 Å². The van der Waals surface area contributed by atoms with Crippen LogP contribution in [-0.2, 0) is 16.1 Å². The average molecular weight is 393 g/mol. The summed E-state index contributed by atoms with van der Waals surface area (Å²) in [6.45, 7) is -0.0737. The van der Waals surface area contributed by atoms with Gasteiger partial charge in [0.2, 0.25) is 11.7 Å². The summed E-state index contributed by atoms with van der Waals surface area (Å²) < 4.78 is 26.1. The number of hydrogen-bond acceptors (Lipinski definition) is 7. The van der Waals surface area contributed by atoms with Crippen LogP contribution in [0, 0.1) is 0 Å². The molecule has 1 amide bonds. The number of amides is 1. The number of nitrogens with one attached hydrogen (secondary N) is 1. The Morgan fingerprint density at radius 3 is 2.70 bits per heavy atom. The van der Waals surface area contributed by atoms with Crippen LogP contribution in [0.25, 0.3) is 11.5 Å². The third-order valence-electron chi connectivity index (χ3n) is 3.55. The zero-order valence-corrected chi connectivity index (χ0v) is 15.4. The Kier molecular flexibility index (Phi) is 6.00. The maximum Gasteiger partial charge on any atom is 0.250 e. The summed E-state index contributed by atoms with van der Waals surface area (Å²) in [5.41, 5.74) is 0.967. The first-order valence-electron chi connectivity index (χ1n) is 7.89. The van der Waals surface area contributed by atoms with Gasteiger partial charge in [-0.3, -0.25) is 4.79 Å². The van der Waals surface area contributed by atoms with Gasteiger partial charge in [-0.15, -0.1) is 0 Å². The van der Waals surface area contributed by atoms with Crippen molar-refractivity contribution in [3.05, 3.63) is 47.3 Å². The number of carbonyl (C=O) groups is 1. The van der Waals surface area contributed by atoms with Crippen LogP contribution in [0.4, 0.5) is 5.69 Å². The standard InChI is InChI=1S/C18H17ClN2O6/c1-23-15-8-13(16(24-2)7-12(15)19)20-18(22)10-25-9-11-6-17(27-21-11)14-4-3-5-26-14/h3-8H,9-10H2,1-2H3,(H,20,22). The van der Waals surface area contributed by atoms with Gasteiger partial charge in [0, 0.05) is 18.2 Å². The van der Waals surface area contributed by atoms with Gasteiger partial charge in [0.25, 0.3) is 0 Å². The summed E-state index contributed by atoms with van der Waals surface area (Å²) in [6.07, 6.45) is 1.54. The molecule has 0 atom stereocenters. The van der Waals surface area contributed by atoms with Gasteiger partial charge in [0.1, 0.15) is 23.8 Å². The van der Waals surface area contributed by atoms with Crippen molar-refractivity contribution >= 4 is 23.2 Å². The molecule has 8 nitrogen and oxygen atoms in total. The van der Waals surface area contributed by atoms with Crippen LogP contribution in [0.2, 0.25) is 5.02 Å². The van der Waals surface area contributed by atoms with Crippen molar-refractivity contribution in [3.8, 4) is 23.0 Å². The lowest BCUT2D eigenvalue weighted by Gasteiger charge is -2.13. The smallest absolute Gasteiger partial charge is 0.250 e. The molecule has 2 heterocycles. The molecule has 0 aliphatic rings. The molecule has 0 bridgehead atoms. The molecule has 0 spiro atoms. The van der Waals surface area contributed by atoms with Crippen molar-refractivity contribution in [2.24, 2.45) is 0 Å². The minimum absolute atomic E-state index is 0.110. The van der Waals surface area contributed by atoms with Gasteiger partial charge >= 0.3 is 0 Å². The van der Waals surface area contributed by atoms with Gasteiger partial charge < -0.3 is 28.5 Å². The number of anilines is 1. The van der Waals surface area contributed by atoms with E-state index >= 15 is 0 Å². The van der Waals surface area contributed by atoms with E-state index in [9.17, 15) is 4.79 Å². The number of carbonyl (C=O) groups excluding carboxylic acids is 1. The third kappa shape index (κ3) is 4.60. The maximum absolute atomic E-state index is 12.1. The zero-order chi connectivity index (χ0) is 19.2. The fraction of sp³-hybridized carbons (Fsp3) is 0.222. The van der Waals surface area contributed by atoms with E-state index in [-0.39, 0.29) is 19.1 Å². The fourth-order valence-electron chi connectivity index (χ4n) is 2.31. The predicted octanol–water partition coefficient (Wildman–Crippen LogP) is 3.76. The highest BCUT2D eigenvalue weighted by Crippen LogP contribution is 2.35. The van der Waals surface area contributed by atoms with Crippen LogP contribution < -0.4 is 14.8 Å². The number of ether oxygens (including phenoxy) is 3. The molecule has 0 saturated carbocycles. The Morgan fingerprint density at radius 2 is 2.00 bits per heavy atom. The second kappa shape index (κ2) is 8.61. The SMILES string of the molecule is COc1cc(NC(=O)COCc2cc(-c3ccco3)on2)c(OC)cc1Cl. The molecule has 3 aromatic rings. The number of hydrogen-bond donors (Lipinski definition) is 1. The Hall–Kier alpha value is -2.97. The quantitative estimate of drug-likeness (QED) is 0.623. The molecule has 1 aromatic carbocycles. The lowest BCUT2D eigenvalue weighted by molar-refractivity contribution is -0.121. The minimum atomic E-state index is -0.368. The summed E-state index contributed by atoms with van der Waals surface area (Å²) in [5.74, 6) is 1.51. The van der Waals surface area contributed by atoms with Gasteiger partial charge in [0.05, 0.1) is 37.8 Å². The third-order valence-corrected chi connectivity index (χ3v) is 3.85. The Balaban J connectivity index is 1.54. The van der Waals surface area contributed by atoms with E-state index in [2.05, 4.69) is 10.5 Å². The van der Waals surface area contributed by atoms with Gasteiger partial charge in [-0.05, 0) is 12.1 Å². The maximum atomic E-state index is 12.1. The molecular weight excluding hydrogens is 376 g/mol. The lowest BCUT2D eigenvalue weighted by atomic mass is 10.2. The highest BCUT2D eigenvalue weighted by atomic mass is 35.5. The van der Waals surface area contributed by atoms with Gasteiger partial charge in [-0.25, -0.2) is 0 Å². The molecule has 0 radical (unpaired) electrons. The zero-order valence-electron chi connectivity index (χ0n) is 14.7. The second-order valence-electron chi connectivity index (χ2n) is 5.39. The minimum Gasteiger partial charge on any atom is -0.495 e. The van der Waals surface area contributed by atoms with E-state index in [0.29, 0.717) is 39.4 Å². The molecule has 0 aliphatic heterocycles. The van der Waals surface area contributed by atoms with Crippen LogP contribution in [0.5, 0.6) is 11.5 Å². The number of methoxy groups -OCH3 is 2. The monoisotopic (exact) mass is 392 g/mol. The Morgan fingerprint density at radius 1 is 1.19 bits per heavy atom.